The zero-order valence-electron chi connectivity index (χ0n) is 13.3. The molecular formula is C16H17BrN6O. The highest BCUT2D eigenvalue weighted by molar-refractivity contribution is 9.10. The van der Waals surface area contributed by atoms with E-state index in [-0.39, 0.29) is 5.54 Å². The van der Waals surface area contributed by atoms with E-state index in [0.29, 0.717) is 18.3 Å². The Morgan fingerprint density at radius 2 is 2.12 bits per heavy atom. The minimum atomic E-state index is -0.350. The zero-order chi connectivity index (χ0) is 17.0. The number of nitrogens with one attached hydrogen (secondary N) is 1. The van der Waals surface area contributed by atoms with Crippen molar-refractivity contribution in [2.75, 3.05) is 11.9 Å². The maximum absolute atomic E-state index is 5.80. The number of nitrogens with zero attached hydrogens (tertiary/aromatic N) is 5. The van der Waals surface area contributed by atoms with Crippen LogP contribution in [0.5, 0.6) is 5.88 Å². The summed E-state index contributed by atoms with van der Waals surface area (Å²) in [6, 6.07) is 5.60. The number of hydrogen-bond acceptors (Lipinski definition) is 6. The van der Waals surface area contributed by atoms with Crippen molar-refractivity contribution in [2.45, 2.75) is 19.4 Å². The Balaban J connectivity index is 1.68. The van der Waals surface area contributed by atoms with Crippen LogP contribution in [0.4, 0.5) is 5.82 Å². The topological polar surface area (TPSA) is 77.8 Å². The lowest BCUT2D eigenvalue weighted by atomic mass is 10.1. The predicted octanol–water partition coefficient (Wildman–Crippen LogP) is 3.09. The summed E-state index contributed by atoms with van der Waals surface area (Å²) in [5.41, 5.74) is -0.350. The van der Waals surface area contributed by atoms with Crippen LogP contribution in [0.25, 0.3) is 5.82 Å². The molecule has 0 spiro atoms. The van der Waals surface area contributed by atoms with Crippen molar-refractivity contribution in [1.29, 1.82) is 0 Å². The average Bonchev–Trinajstić information content (AvgIpc) is 3.08. The lowest BCUT2D eigenvalue weighted by Crippen LogP contribution is -2.38. The van der Waals surface area contributed by atoms with E-state index in [1.165, 1.54) is 6.33 Å². The summed E-state index contributed by atoms with van der Waals surface area (Å²) in [6.07, 6.45) is 8.45. The Labute approximate surface area is 148 Å². The Bertz CT molecular complexity index is 806. The highest BCUT2D eigenvalue weighted by Crippen LogP contribution is 2.23. The van der Waals surface area contributed by atoms with Crippen LogP contribution >= 0.6 is 15.9 Å². The quantitative estimate of drug-likeness (QED) is 0.698. The molecule has 1 N–H and O–H groups in total. The van der Waals surface area contributed by atoms with Crippen LogP contribution in [0.15, 0.2) is 53.9 Å². The summed E-state index contributed by atoms with van der Waals surface area (Å²) in [4.78, 5) is 16.7. The van der Waals surface area contributed by atoms with E-state index in [4.69, 9.17) is 4.74 Å². The summed E-state index contributed by atoms with van der Waals surface area (Å²) in [7, 11) is 0. The van der Waals surface area contributed by atoms with Crippen molar-refractivity contribution in [3.8, 4) is 11.7 Å². The van der Waals surface area contributed by atoms with Gasteiger partial charge in [0.2, 0.25) is 5.88 Å². The first kappa shape index (κ1) is 16.4. The molecule has 3 aromatic heterocycles. The Hall–Kier alpha value is -2.48. The molecule has 0 radical (unpaired) electrons. The maximum Gasteiger partial charge on any atom is 0.228 e. The molecule has 3 aromatic rings. The molecule has 0 aliphatic carbocycles. The lowest BCUT2D eigenvalue weighted by molar-refractivity contribution is 0.246. The SMILES string of the molecule is CC(C)(COc1ncccc1Br)Nc1cc(-n2ccnc2)ncn1. The van der Waals surface area contributed by atoms with E-state index in [1.807, 2.05) is 42.8 Å². The van der Waals surface area contributed by atoms with E-state index in [1.54, 1.807) is 18.7 Å². The number of imidazole rings is 1. The van der Waals surface area contributed by atoms with Crippen molar-refractivity contribution in [1.82, 2.24) is 24.5 Å². The van der Waals surface area contributed by atoms with Crippen LogP contribution in [0.2, 0.25) is 0 Å². The minimum absolute atomic E-state index is 0.350. The molecule has 7 nitrogen and oxygen atoms in total. The Morgan fingerprint density at radius 3 is 2.88 bits per heavy atom. The molecule has 0 saturated carbocycles. The number of pyridine rings is 1. The Kier molecular flexibility index (Phi) is 4.75. The smallest absolute Gasteiger partial charge is 0.228 e. The number of ether oxygens (including phenoxy) is 1. The molecular weight excluding hydrogens is 372 g/mol. The summed E-state index contributed by atoms with van der Waals surface area (Å²) in [5, 5.41) is 3.36. The number of anilines is 1. The van der Waals surface area contributed by atoms with E-state index < -0.39 is 0 Å². The molecule has 0 aliphatic rings. The molecule has 0 amide bonds. The number of rotatable bonds is 6. The number of hydrogen-bond donors (Lipinski definition) is 1. The summed E-state index contributed by atoms with van der Waals surface area (Å²) in [6.45, 7) is 4.48. The first-order valence-electron chi connectivity index (χ1n) is 7.35. The number of aromatic nitrogens is 5. The van der Waals surface area contributed by atoms with Crippen molar-refractivity contribution < 1.29 is 4.74 Å². The van der Waals surface area contributed by atoms with Crippen LogP contribution < -0.4 is 10.1 Å². The molecule has 0 unspecified atom stereocenters. The van der Waals surface area contributed by atoms with Gasteiger partial charge < -0.3 is 10.1 Å². The monoisotopic (exact) mass is 388 g/mol. The Morgan fingerprint density at radius 1 is 1.25 bits per heavy atom. The third kappa shape index (κ3) is 4.08. The molecule has 0 bridgehead atoms. The third-order valence-electron chi connectivity index (χ3n) is 3.18. The van der Waals surface area contributed by atoms with Crippen molar-refractivity contribution >= 4 is 21.7 Å². The first-order chi connectivity index (χ1) is 11.5. The van der Waals surface area contributed by atoms with Gasteiger partial charge in [-0.1, -0.05) is 0 Å². The third-order valence-corrected chi connectivity index (χ3v) is 3.79. The normalized spacial score (nSPS) is 11.3. The maximum atomic E-state index is 5.80. The van der Waals surface area contributed by atoms with E-state index in [2.05, 4.69) is 41.2 Å². The van der Waals surface area contributed by atoms with Crippen molar-refractivity contribution in [3.63, 3.8) is 0 Å². The minimum Gasteiger partial charge on any atom is -0.474 e. The van der Waals surface area contributed by atoms with Crippen molar-refractivity contribution in [3.05, 3.63) is 53.9 Å². The molecule has 3 heterocycles. The lowest BCUT2D eigenvalue weighted by Gasteiger charge is -2.26. The van der Waals surface area contributed by atoms with Crippen LogP contribution in [0.1, 0.15) is 13.8 Å². The van der Waals surface area contributed by atoms with E-state index in [9.17, 15) is 0 Å². The first-order valence-corrected chi connectivity index (χ1v) is 8.15. The van der Waals surface area contributed by atoms with Gasteiger partial charge in [-0.15, -0.1) is 0 Å². The fraction of sp³-hybridized carbons (Fsp3) is 0.250. The molecule has 0 aliphatic heterocycles. The van der Waals surface area contributed by atoms with E-state index >= 15 is 0 Å². The summed E-state index contributed by atoms with van der Waals surface area (Å²) >= 11 is 3.43. The highest BCUT2D eigenvalue weighted by atomic mass is 79.9. The van der Waals surface area contributed by atoms with Gasteiger partial charge in [-0.3, -0.25) is 4.57 Å². The molecule has 0 atom stereocenters. The molecule has 0 fully saturated rings. The second kappa shape index (κ2) is 6.96. The largest absolute Gasteiger partial charge is 0.474 e. The van der Waals surface area contributed by atoms with Gasteiger partial charge in [-0.25, -0.2) is 19.9 Å². The van der Waals surface area contributed by atoms with Gasteiger partial charge in [0.05, 0.1) is 10.0 Å². The van der Waals surface area contributed by atoms with Crippen LogP contribution in [0, 0.1) is 0 Å². The van der Waals surface area contributed by atoms with Gasteiger partial charge >= 0.3 is 0 Å². The summed E-state index contributed by atoms with van der Waals surface area (Å²) < 4.78 is 8.44. The molecule has 8 heteroatoms. The molecule has 24 heavy (non-hydrogen) atoms. The van der Waals surface area contributed by atoms with E-state index in [0.717, 1.165) is 10.3 Å². The molecule has 3 rings (SSSR count). The van der Waals surface area contributed by atoms with Crippen LogP contribution in [-0.4, -0.2) is 36.6 Å². The highest BCUT2D eigenvalue weighted by Gasteiger charge is 2.20. The fourth-order valence-electron chi connectivity index (χ4n) is 2.06. The second-order valence-corrected chi connectivity index (χ2v) is 6.67. The van der Waals surface area contributed by atoms with Gasteiger partial charge in [0, 0.05) is 24.7 Å². The second-order valence-electron chi connectivity index (χ2n) is 5.82. The van der Waals surface area contributed by atoms with Gasteiger partial charge in [0.15, 0.2) is 0 Å². The molecule has 124 valence electrons. The predicted molar refractivity (Wildman–Crippen MR) is 94.3 cm³/mol. The average molecular weight is 389 g/mol. The van der Waals surface area contributed by atoms with Crippen LogP contribution in [0.3, 0.4) is 0 Å². The zero-order valence-corrected chi connectivity index (χ0v) is 14.9. The van der Waals surface area contributed by atoms with Gasteiger partial charge in [0.25, 0.3) is 0 Å². The molecule has 0 aromatic carbocycles. The van der Waals surface area contributed by atoms with Crippen molar-refractivity contribution in [2.24, 2.45) is 0 Å². The number of halogens is 1. The van der Waals surface area contributed by atoms with Gasteiger partial charge in [-0.2, -0.15) is 0 Å². The molecule has 0 saturated heterocycles. The van der Waals surface area contributed by atoms with Gasteiger partial charge in [-0.05, 0) is 41.9 Å². The van der Waals surface area contributed by atoms with Crippen LogP contribution in [-0.2, 0) is 0 Å². The standard InChI is InChI=1S/C16H17BrN6O/c1-16(2,9-24-15-12(17)4-3-5-19-15)22-13-8-14(21-10-20-13)23-7-6-18-11-23/h3-8,10-11H,9H2,1-2H3,(H,20,21,22). The van der Waals surface area contributed by atoms with Gasteiger partial charge in [0.1, 0.15) is 30.9 Å². The summed E-state index contributed by atoms with van der Waals surface area (Å²) in [5.74, 6) is 2.02. The fourth-order valence-corrected chi connectivity index (χ4v) is 2.43.